The molecule has 1 aromatic heterocycles. The Kier molecular flexibility index (Phi) is 2.84. The van der Waals surface area contributed by atoms with Crippen LogP contribution in [0.1, 0.15) is 23.0 Å². The zero-order chi connectivity index (χ0) is 9.97. The van der Waals surface area contributed by atoms with Crippen LogP contribution < -0.4 is 5.32 Å². The predicted octanol–water partition coefficient (Wildman–Crippen LogP) is 1.66. The maximum Gasteiger partial charge on any atom is 0.261 e. The largest absolute Gasteiger partial charge is 0.376 e. The molecule has 76 valence electrons. The summed E-state index contributed by atoms with van der Waals surface area (Å²) in [4.78, 5) is 12.4. The molecule has 1 aliphatic rings. The molecule has 1 saturated heterocycles. The van der Waals surface area contributed by atoms with Crippen LogP contribution in [0, 0.1) is 0 Å². The molecule has 0 radical (unpaired) electrons. The Morgan fingerprint density at radius 2 is 2.57 bits per heavy atom. The summed E-state index contributed by atoms with van der Waals surface area (Å²) in [6.07, 6.45) is 1.05. The molecule has 14 heavy (non-hydrogen) atoms. The van der Waals surface area contributed by atoms with Crippen molar-refractivity contribution in [3.63, 3.8) is 0 Å². The van der Waals surface area contributed by atoms with Crippen LogP contribution in [0.4, 0.5) is 0 Å². The number of carbonyl (C=O) groups is 1. The fourth-order valence-electron chi connectivity index (χ4n) is 1.57. The Morgan fingerprint density at radius 3 is 3.14 bits per heavy atom. The average molecular weight is 211 g/mol. The monoisotopic (exact) mass is 211 g/mol. The number of nitrogens with one attached hydrogen (secondary N) is 1. The van der Waals surface area contributed by atoms with Crippen LogP contribution >= 0.6 is 11.3 Å². The lowest BCUT2D eigenvalue weighted by Gasteiger charge is -2.14. The van der Waals surface area contributed by atoms with Gasteiger partial charge >= 0.3 is 0 Å². The topological polar surface area (TPSA) is 38.3 Å². The van der Waals surface area contributed by atoms with Gasteiger partial charge in [-0.1, -0.05) is 6.07 Å². The molecule has 0 bridgehead atoms. The van der Waals surface area contributed by atoms with E-state index in [0.29, 0.717) is 0 Å². The van der Waals surface area contributed by atoms with Gasteiger partial charge in [0.25, 0.3) is 5.91 Å². The zero-order valence-electron chi connectivity index (χ0n) is 8.03. The van der Waals surface area contributed by atoms with Crippen molar-refractivity contribution in [1.29, 1.82) is 0 Å². The summed E-state index contributed by atoms with van der Waals surface area (Å²) >= 11 is 1.46. The lowest BCUT2D eigenvalue weighted by Crippen LogP contribution is -2.38. The Labute approximate surface area is 87.1 Å². The minimum Gasteiger partial charge on any atom is -0.376 e. The van der Waals surface area contributed by atoms with Gasteiger partial charge in [-0.3, -0.25) is 4.79 Å². The highest BCUT2D eigenvalue weighted by atomic mass is 32.1. The highest BCUT2D eigenvalue weighted by Crippen LogP contribution is 2.14. The first-order valence-corrected chi connectivity index (χ1v) is 5.61. The van der Waals surface area contributed by atoms with Crippen molar-refractivity contribution >= 4 is 17.2 Å². The summed E-state index contributed by atoms with van der Waals surface area (Å²) in [5.41, 5.74) is 0. The normalized spacial score (nSPS) is 26.4. The Balaban J connectivity index is 1.95. The molecule has 4 heteroatoms. The fourth-order valence-corrected chi connectivity index (χ4v) is 2.20. The smallest absolute Gasteiger partial charge is 0.261 e. The third-order valence-electron chi connectivity index (χ3n) is 2.44. The van der Waals surface area contributed by atoms with Gasteiger partial charge < -0.3 is 10.1 Å². The molecule has 1 amide bonds. The molecular formula is C10H13NO2S. The number of rotatable bonds is 2. The lowest BCUT2D eigenvalue weighted by atomic mass is 10.1. The first-order chi connectivity index (χ1) is 6.77. The molecule has 1 aliphatic heterocycles. The van der Waals surface area contributed by atoms with E-state index in [1.165, 1.54) is 11.3 Å². The van der Waals surface area contributed by atoms with E-state index in [1.807, 2.05) is 24.4 Å². The average Bonchev–Trinajstić information content (AvgIpc) is 2.77. The van der Waals surface area contributed by atoms with E-state index in [1.54, 1.807) is 0 Å². The van der Waals surface area contributed by atoms with E-state index in [9.17, 15) is 4.79 Å². The SMILES string of the molecule is CC1OCCC1NC(=O)c1cccs1. The zero-order valence-corrected chi connectivity index (χ0v) is 8.84. The predicted molar refractivity (Wildman–Crippen MR) is 55.6 cm³/mol. The molecule has 3 nitrogen and oxygen atoms in total. The van der Waals surface area contributed by atoms with Crippen molar-refractivity contribution in [1.82, 2.24) is 5.32 Å². The maximum atomic E-state index is 11.7. The van der Waals surface area contributed by atoms with E-state index < -0.39 is 0 Å². The second-order valence-electron chi connectivity index (χ2n) is 3.42. The van der Waals surface area contributed by atoms with E-state index in [0.717, 1.165) is 17.9 Å². The quantitative estimate of drug-likeness (QED) is 0.808. The molecule has 2 unspecified atom stereocenters. The molecule has 0 aromatic carbocycles. The van der Waals surface area contributed by atoms with E-state index in [4.69, 9.17) is 4.74 Å². The van der Waals surface area contributed by atoms with Crippen LogP contribution in [0.15, 0.2) is 17.5 Å². The van der Waals surface area contributed by atoms with Crippen LogP contribution in [0.2, 0.25) is 0 Å². The summed E-state index contributed by atoms with van der Waals surface area (Å²) in [5.74, 6) is 0.0161. The summed E-state index contributed by atoms with van der Waals surface area (Å²) in [6, 6.07) is 3.89. The minimum atomic E-state index is 0.0161. The number of amides is 1. The highest BCUT2D eigenvalue weighted by Gasteiger charge is 2.25. The van der Waals surface area contributed by atoms with Gasteiger partial charge in [-0.15, -0.1) is 11.3 Å². The van der Waals surface area contributed by atoms with Gasteiger partial charge in [0.15, 0.2) is 0 Å². The molecule has 1 fully saturated rings. The van der Waals surface area contributed by atoms with Gasteiger partial charge in [-0.2, -0.15) is 0 Å². The van der Waals surface area contributed by atoms with Crippen molar-refractivity contribution in [3.05, 3.63) is 22.4 Å². The summed E-state index contributed by atoms with van der Waals surface area (Å²) < 4.78 is 5.37. The number of hydrogen-bond acceptors (Lipinski definition) is 3. The third-order valence-corrected chi connectivity index (χ3v) is 3.31. The van der Waals surface area contributed by atoms with Crippen LogP contribution in [-0.2, 0) is 4.74 Å². The molecule has 2 rings (SSSR count). The van der Waals surface area contributed by atoms with Crippen LogP contribution in [0.5, 0.6) is 0 Å². The number of thiophene rings is 1. The van der Waals surface area contributed by atoms with Gasteiger partial charge in [0, 0.05) is 6.61 Å². The van der Waals surface area contributed by atoms with Crippen LogP contribution in [0.3, 0.4) is 0 Å². The van der Waals surface area contributed by atoms with Crippen molar-refractivity contribution in [2.45, 2.75) is 25.5 Å². The molecule has 0 aliphatic carbocycles. The van der Waals surface area contributed by atoms with Gasteiger partial charge in [0.2, 0.25) is 0 Å². The molecular weight excluding hydrogens is 198 g/mol. The van der Waals surface area contributed by atoms with E-state index >= 15 is 0 Å². The van der Waals surface area contributed by atoms with Crippen molar-refractivity contribution in [3.8, 4) is 0 Å². The van der Waals surface area contributed by atoms with Gasteiger partial charge in [0.1, 0.15) is 0 Å². The number of ether oxygens (including phenoxy) is 1. The van der Waals surface area contributed by atoms with Crippen molar-refractivity contribution < 1.29 is 9.53 Å². The molecule has 1 aromatic rings. The summed E-state index contributed by atoms with van der Waals surface area (Å²) in [7, 11) is 0. The first-order valence-electron chi connectivity index (χ1n) is 4.73. The molecule has 2 atom stereocenters. The first kappa shape index (κ1) is 9.68. The van der Waals surface area contributed by atoms with Gasteiger partial charge in [-0.25, -0.2) is 0 Å². The van der Waals surface area contributed by atoms with Gasteiger partial charge in [0.05, 0.1) is 17.0 Å². The maximum absolute atomic E-state index is 11.7. The number of hydrogen-bond donors (Lipinski definition) is 1. The van der Waals surface area contributed by atoms with Crippen molar-refractivity contribution in [2.24, 2.45) is 0 Å². The summed E-state index contributed by atoms with van der Waals surface area (Å²) in [6.45, 7) is 2.74. The minimum absolute atomic E-state index is 0.0161. The van der Waals surface area contributed by atoms with Crippen molar-refractivity contribution in [2.75, 3.05) is 6.61 Å². The molecule has 1 N–H and O–H groups in total. The van der Waals surface area contributed by atoms with E-state index in [2.05, 4.69) is 5.32 Å². The fraction of sp³-hybridized carbons (Fsp3) is 0.500. The standard InChI is InChI=1S/C10H13NO2S/c1-7-8(4-5-13-7)11-10(12)9-3-2-6-14-9/h2-3,6-8H,4-5H2,1H3,(H,11,12). The highest BCUT2D eigenvalue weighted by molar-refractivity contribution is 7.12. The Morgan fingerprint density at radius 1 is 1.71 bits per heavy atom. The van der Waals surface area contributed by atoms with Gasteiger partial charge in [-0.05, 0) is 24.8 Å². The second-order valence-corrected chi connectivity index (χ2v) is 4.37. The Bertz CT molecular complexity index is 310. The molecule has 2 heterocycles. The van der Waals surface area contributed by atoms with Crippen LogP contribution in [0.25, 0.3) is 0 Å². The molecule has 0 saturated carbocycles. The third kappa shape index (κ3) is 1.96. The lowest BCUT2D eigenvalue weighted by molar-refractivity contribution is 0.0869. The molecule has 0 spiro atoms. The van der Waals surface area contributed by atoms with E-state index in [-0.39, 0.29) is 18.1 Å². The second kappa shape index (κ2) is 4.11. The Hall–Kier alpha value is -0.870. The summed E-state index contributed by atoms with van der Waals surface area (Å²) in [5, 5.41) is 4.88. The van der Waals surface area contributed by atoms with Crippen LogP contribution in [-0.4, -0.2) is 24.7 Å². The number of carbonyl (C=O) groups excluding carboxylic acids is 1.